The van der Waals surface area contributed by atoms with E-state index in [9.17, 15) is 4.79 Å². The topological polar surface area (TPSA) is 57.2 Å². The fourth-order valence-corrected chi connectivity index (χ4v) is 3.97. The number of hydrogen-bond donors (Lipinski definition) is 0. The highest BCUT2D eigenvalue weighted by atomic mass is 27.3. The van der Waals surface area contributed by atoms with Crippen molar-refractivity contribution in [2.24, 2.45) is 0 Å². The zero-order valence-electron chi connectivity index (χ0n) is 9.52. The van der Waals surface area contributed by atoms with E-state index in [4.69, 9.17) is 15.2 Å². The lowest BCUT2D eigenvalue weighted by Gasteiger charge is -2.43. The Labute approximate surface area is 98.4 Å². The maximum absolute atomic E-state index is 11.3. The van der Waals surface area contributed by atoms with Crippen LogP contribution in [-0.4, -0.2) is 64.7 Å². The van der Waals surface area contributed by atoms with Gasteiger partial charge in [-0.15, -0.1) is 0 Å². The van der Waals surface area contributed by atoms with Gasteiger partial charge in [-0.25, -0.2) is 0 Å². The van der Waals surface area contributed by atoms with E-state index in [1.54, 1.807) is 6.92 Å². The number of rotatable bonds is 2. The van der Waals surface area contributed by atoms with E-state index in [0.29, 0.717) is 26.2 Å². The summed E-state index contributed by atoms with van der Waals surface area (Å²) < 4.78 is 21.9. The van der Waals surface area contributed by atoms with E-state index in [2.05, 4.69) is 4.90 Å². The first kappa shape index (κ1) is 12.3. The van der Waals surface area contributed by atoms with E-state index in [0.717, 1.165) is 19.6 Å². The molecule has 0 N–H and O–H groups in total. The maximum Gasteiger partial charge on any atom is 0.960 e. The molecule has 0 amide bonds. The molecule has 3 rings (SSSR count). The van der Waals surface area contributed by atoms with Crippen LogP contribution in [0.1, 0.15) is 13.3 Å². The van der Waals surface area contributed by atoms with Crippen LogP contribution in [0.25, 0.3) is 0 Å². The zero-order valence-corrected chi connectivity index (χ0v) is 10.7. The molecule has 7 heteroatoms. The average molecular weight is 246 g/mol. The van der Waals surface area contributed by atoms with Crippen molar-refractivity contribution in [3.8, 4) is 0 Å². The highest BCUT2D eigenvalue weighted by Gasteiger charge is 2.53. The molecule has 0 aliphatic carbocycles. The zero-order chi connectivity index (χ0) is 11.4. The lowest BCUT2D eigenvalue weighted by molar-refractivity contribution is -0.147. The van der Waals surface area contributed by atoms with Crippen molar-refractivity contribution in [2.75, 3.05) is 39.5 Å². The molecule has 3 saturated heterocycles. The molecular formula is C9H17AlNO5-. The Morgan fingerprint density at radius 1 is 1.19 bits per heavy atom. The van der Waals surface area contributed by atoms with Gasteiger partial charge in [-0.05, 0) is 0 Å². The monoisotopic (exact) mass is 246 g/mol. The van der Waals surface area contributed by atoms with Crippen LogP contribution in [0, 0.1) is 0 Å². The van der Waals surface area contributed by atoms with Crippen molar-refractivity contribution in [3.05, 3.63) is 0 Å². The fourth-order valence-electron chi connectivity index (χ4n) is 1.80. The Balaban J connectivity index is 2.05. The summed E-state index contributed by atoms with van der Waals surface area (Å²) in [7, 11) is 0. The summed E-state index contributed by atoms with van der Waals surface area (Å²) in [5, 5.41) is 0. The van der Waals surface area contributed by atoms with Crippen LogP contribution in [-0.2, 0) is 19.9 Å². The largest absolute Gasteiger partial charge is 0.960 e. The van der Waals surface area contributed by atoms with Gasteiger partial charge in [0.15, 0.2) is 0 Å². The molecule has 16 heavy (non-hydrogen) atoms. The van der Waals surface area contributed by atoms with Crippen molar-refractivity contribution in [1.82, 2.24) is 4.90 Å². The third kappa shape index (κ3) is 2.95. The van der Waals surface area contributed by atoms with Crippen LogP contribution in [0.4, 0.5) is 0 Å². The normalized spacial score (nSPS) is 34.9. The minimum absolute atomic E-state index is 0.309. The molecule has 6 nitrogen and oxygen atoms in total. The third-order valence-corrected chi connectivity index (χ3v) is 5.24. The van der Waals surface area contributed by atoms with Crippen LogP contribution in [0.2, 0.25) is 0 Å². The van der Waals surface area contributed by atoms with Crippen molar-refractivity contribution in [3.63, 3.8) is 0 Å². The molecule has 0 aromatic rings. The second kappa shape index (κ2) is 5.45. The Morgan fingerprint density at radius 2 is 1.69 bits per heavy atom. The number of hydrogen-bond acceptors (Lipinski definition) is 6. The van der Waals surface area contributed by atoms with Gasteiger partial charge in [0, 0.05) is 45.9 Å². The Hall–Kier alpha value is -0.158. The summed E-state index contributed by atoms with van der Waals surface area (Å²) in [6.45, 7) is 5.78. The Kier molecular flexibility index (Phi) is 4.19. The predicted molar refractivity (Wildman–Crippen MR) is 56.4 cm³/mol. The summed E-state index contributed by atoms with van der Waals surface area (Å²) in [6.07, 6.45) is 0.309. The van der Waals surface area contributed by atoms with E-state index in [1.165, 1.54) is 0 Å². The molecular weight excluding hydrogens is 229 g/mol. The molecule has 0 aromatic heterocycles. The molecule has 0 aromatic carbocycles. The Bertz CT molecular complexity index is 236. The third-order valence-electron chi connectivity index (χ3n) is 2.75. The molecule has 3 aliphatic heterocycles. The lowest BCUT2D eigenvalue weighted by Crippen LogP contribution is -2.57. The number of carbonyl (C=O) groups is 1. The SMILES string of the molecule is CCC(=O)[O][Al-]12[O]CCN(CC[O]1)CC[O]2. The molecule has 0 saturated carbocycles. The van der Waals surface area contributed by atoms with Gasteiger partial charge >= 0.3 is 14.4 Å². The van der Waals surface area contributed by atoms with Gasteiger partial charge in [0.2, 0.25) is 5.97 Å². The van der Waals surface area contributed by atoms with Crippen molar-refractivity contribution in [2.45, 2.75) is 13.3 Å². The van der Waals surface area contributed by atoms with Crippen LogP contribution in [0.15, 0.2) is 0 Å². The van der Waals surface area contributed by atoms with Crippen LogP contribution in [0.3, 0.4) is 0 Å². The first-order valence-corrected chi connectivity index (χ1v) is 7.61. The summed E-state index contributed by atoms with van der Waals surface area (Å²) in [4.78, 5) is 13.6. The summed E-state index contributed by atoms with van der Waals surface area (Å²) in [6, 6.07) is 0. The van der Waals surface area contributed by atoms with Gasteiger partial charge < -0.3 is 15.2 Å². The predicted octanol–water partition coefficient (Wildman–Crippen LogP) is -0.246. The lowest BCUT2D eigenvalue weighted by atomic mass is 10.4. The van der Waals surface area contributed by atoms with Gasteiger partial charge in [-0.3, -0.25) is 9.69 Å². The molecule has 92 valence electrons. The highest BCUT2D eigenvalue weighted by Crippen LogP contribution is 2.17. The van der Waals surface area contributed by atoms with Crippen molar-refractivity contribution >= 4 is 20.4 Å². The second-order valence-corrected chi connectivity index (χ2v) is 6.27. The molecule has 3 fully saturated rings. The first-order chi connectivity index (χ1) is 7.74. The molecule has 3 aliphatic rings. The van der Waals surface area contributed by atoms with Crippen LogP contribution in [0.5, 0.6) is 0 Å². The minimum atomic E-state index is -3.50. The summed E-state index contributed by atoms with van der Waals surface area (Å²) in [5.74, 6) is -0.317. The Morgan fingerprint density at radius 3 is 2.12 bits per heavy atom. The average Bonchev–Trinajstić information content (AvgIpc) is 2.19. The second-order valence-electron chi connectivity index (χ2n) is 3.87. The molecule has 0 radical (unpaired) electrons. The van der Waals surface area contributed by atoms with Gasteiger partial charge in [0.1, 0.15) is 0 Å². The molecule has 0 unspecified atom stereocenters. The maximum atomic E-state index is 11.3. The van der Waals surface area contributed by atoms with E-state index < -0.39 is 14.4 Å². The summed E-state index contributed by atoms with van der Waals surface area (Å²) >= 11 is -3.50. The number of nitrogens with zero attached hydrogens (tertiary/aromatic N) is 1. The van der Waals surface area contributed by atoms with Gasteiger partial charge in [-0.1, -0.05) is 6.92 Å². The molecule has 0 atom stereocenters. The van der Waals surface area contributed by atoms with E-state index in [1.807, 2.05) is 0 Å². The number of carbonyl (C=O) groups excluding carboxylic acids is 1. The van der Waals surface area contributed by atoms with Crippen molar-refractivity contribution in [1.29, 1.82) is 0 Å². The van der Waals surface area contributed by atoms with Gasteiger partial charge in [0.05, 0.1) is 0 Å². The number of fused-ring (bicyclic) bond motifs is 6. The van der Waals surface area contributed by atoms with E-state index in [-0.39, 0.29) is 5.97 Å². The molecule has 3 heterocycles. The minimum Gasteiger partial charge on any atom is -0.705 e. The molecule has 2 bridgehead atoms. The molecule has 0 spiro atoms. The highest BCUT2D eigenvalue weighted by molar-refractivity contribution is 6.55. The standard InChI is InChI=1S/C6H12NO3.C3H6O2.Al/c8-4-1-7(2-5-9)3-6-10;1-2-3(4)5;/h1-6H2;2H2,1H3,(H,4,5);/q-3;;+3/p-1. The van der Waals surface area contributed by atoms with Gasteiger partial charge in [-0.2, -0.15) is 0 Å². The van der Waals surface area contributed by atoms with E-state index >= 15 is 0 Å². The van der Waals surface area contributed by atoms with Crippen LogP contribution < -0.4 is 0 Å². The fraction of sp³-hybridized carbons (Fsp3) is 0.889. The quantitative estimate of drug-likeness (QED) is 0.626. The first-order valence-electron chi connectivity index (χ1n) is 5.73. The van der Waals surface area contributed by atoms with Crippen LogP contribution >= 0.6 is 0 Å². The smallest absolute Gasteiger partial charge is 0.705 e. The van der Waals surface area contributed by atoms with Gasteiger partial charge in [0.25, 0.3) is 0 Å². The summed E-state index contributed by atoms with van der Waals surface area (Å²) in [5.41, 5.74) is 0. The van der Waals surface area contributed by atoms with Crippen molar-refractivity contribution < 1.29 is 19.9 Å².